The van der Waals surface area contributed by atoms with Crippen molar-refractivity contribution in [2.45, 2.75) is 52.1 Å². The maximum Gasteiger partial charge on any atom is 0.329 e. The Kier molecular flexibility index (Phi) is 6.24. The lowest BCUT2D eigenvalue weighted by Crippen LogP contribution is -2.57. The molecule has 2 amide bonds. The number of nitrogens with one attached hydrogen (secondary N) is 1. The van der Waals surface area contributed by atoms with Gasteiger partial charge in [-0.25, -0.2) is 9.59 Å². The highest BCUT2D eigenvalue weighted by Gasteiger charge is 2.37. The Bertz CT molecular complexity index is 345. The van der Waals surface area contributed by atoms with Crippen molar-refractivity contribution in [1.29, 1.82) is 0 Å². The van der Waals surface area contributed by atoms with E-state index in [1.54, 1.807) is 6.92 Å². The molecule has 0 aromatic carbocycles. The van der Waals surface area contributed by atoms with Gasteiger partial charge >= 0.3 is 12.0 Å². The number of amides is 2. The molecule has 0 aliphatic rings. The highest BCUT2D eigenvalue weighted by molar-refractivity contribution is 5.85. The standard InChI is InChI=1S/C13H22N2O3/c1-6-9-10(7-2)14-12(18)15(8-3)13(4,5)11(16)17/h1,10H,7-9H2,2-5H3,(H,14,18)(H,16,17). The second-order valence-corrected chi connectivity index (χ2v) is 4.57. The first kappa shape index (κ1) is 16.3. The van der Waals surface area contributed by atoms with E-state index in [-0.39, 0.29) is 6.04 Å². The molecule has 0 saturated heterocycles. The van der Waals surface area contributed by atoms with E-state index in [1.165, 1.54) is 18.7 Å². The third-order valence-electron chi connectivity index (χ3n) is 2.94. The smallest absolute Gasteiger partial charge is 0.329 e. The summed E-state index contributed by atoms with van der Waals surface area (Å²) < 4.78 is 0. The molecule has 5 nitrogen and oxygen atoms in total. The first-order valence-electron chi connectivity index (χ1n) is 6.06. The highest BCUT2D eigenvalue weighted by Crippen LogP contribution is 2.15. The molecule has 0 spiro atoms. The van der Waals surface area contributed by atoms with Gasteiger partial charge in [0.2, 0.25) is 0 Å². The number of rotatable bonds is 6. The van der Waals surface area contributed by atoms with E-state index < -0.39 is 17.5 Å². The molecule has 0 aromatic rings. The lowest BCUT2D eigenvalue weighted by molar-refractivity contribution is -0.147. The van der Waals surface area contributed by atoms with Crippen molar-refractivity contribution in [3.05, 3.63) is 0 Å². The summed E-state index contributed by atoms with van der Waals surface area (Å²) in [7, 11) is 0. The van der Waals surface area contributed by atoms with E-state index in [9.17, 15) is 9.59 Å². The van der Waals surface area contributed by atoms with E-state index >= 15 is 0 Å². The molecule has 2 N–H and O–H groups in total. The third kappa shape index (κ3) is 3.95. The van der Waals surface area contributed by atoms with Gasteiger partial charge in [0.25, 0.3) is 0 Å². The predicted octanol–water partition coefficient (Wildman–Crippen LogP) is 1.68. The Hall–Kier alpha value is -1.70. The van der Waals surface area contributed by atoms with Gasteiger partial charge in [-0.1, -0.05) is 6.92 Å². The van der Waals surface area contributed by atoms with Crippen LogP contribution >= 0.6 is 0 Å². The van der Waals surface area contributed by atoms with Crippen LogP contribution in [0.1, 0.15) is 40.5 Å². The van der Waals surface area contributed by atoms with E-state index in [0.717, 1.165) is 0 Å². The molecule has 0 aliphatic heterocycles. The van der Waals surface area contributed by atoms with Crippen LogP contribution < -0.4 is 5.32 Å². The normalized spacial score (nSPS) is 12.4. The number of likely N-dealkylation sites (N-methyl/N-ethyl adjacent to an activating group) is 1. The van der Waals surface area contributed by atoms with E-state index in [1.807, 2.05) is 6.92 Å². The molecule has 0 rings (SSSR count). The quantitative estimate of drug-likeness (QED) is 0.709. The molecule has 1 atom stereocenters. The van der Waals surface area contributed by atoms with Crippen LogP contribution in [-0.2, 0) is 4.79 Å². The van der Waals surface area contributed by atoms with Crippen molar-refractivity contribution in [1.82, 2.24) is 10.2 Å². The van der Waals surface area contributed by atoms with Crippen LogP contribution in [0.5, 0.6) is 0 Å². The van der Waals surface area contributed by atoms with Crippen molar-refractivity contribution >= 4 is 12.0 Å². The van der Waals surface area contributed by atoms with Crippen LogP contribution in [0.4, 0.5) is 4.79 Å². The van der Waals surface area contributed by atoms with Gasteiger partial charge in [0, 0.05) is 19.0 Å². The maximum atomic E-state index is 12.1. The molecule has 0 bridgehead atoms. The average molecular weight is 254 g/mol. The zero-order valence-electron chi connectivity index (χ0n) is 11.5. The van der Waals surface area contributed by atoms with Crippen LogP contribution in [0.3, 0.4) is 0 Å². The number of urea groups is 1. The minimum atomic E-state index is -1.24. The van der Waals surface area contributed by atoms with Gasteiger partial charge in [-0.15, -0.1) is 12.3 Å². The monoisotopic (exact) mass is 254 g/mol. The second-order valence-electron chi connectivity index (χ2n) is 4.57. The molecular weight excluding hydrogens is 232 g/mol. The molecule has 0 saturated carbocycles. The number of carboxylic acids is 1. The fourth-order valence-electron chi connectivity index (χ4n) is 1.60. The molecule has 0 heterocycles. The van der Waals surface area contributed by atoms with Crippen LogP contribution in [0.15, 0.2) is 0 Å². The molecule has 0 aromatic heterocycles. The molecular formula is C13H22N2O3. The molecule has 1 unspecified atom stereocenters. The first-order chi connectivity index (χ1) is 8.31. The van der Waals surface area contributed by atoms with Crippen LogP contribution in [0.25, 0.3) is 0 Å². The molecule has 102 valence electrons. The van der Waals surface area contributed by atoms with Crippen molar-refractivity contribution < 1.29 is 14.7 Å². The summed E-state index contributed by atoms with van der Waals surface area (Å²) in [5, 5.41) is 11.9. The van der Waals surface area contributed by atoms with Gasteiger partial charge < -0.3 is 15.3 Å². The Balaban J connectivity index is 4.83. The van der Waals surface area contributed by atoms with Gasteiger partial charge in [0.15, 0.2) is 0 Å². The van der Waals surface area contributed by atoms with Gasteiger partial charge in [-0.2, -0.15) is 0 Å². The molecule has 18 heavy (non-hydrogen) atoms. The Morgan fingerprint density at radius 2 is 2.00 bits per heavy atom. The summed E-state index contributed by atoms with van der Waals surface area (Å²) in [5.41, 5.74) is -1.24. The summed E-state index contributed by atoms with van der Waals surface area (Å²) >= 11 is 0. The SMILES string of the molecule is C#CCC(CC)NC(=O)N(CC)C(C)(C)C(=O)O. The zero-order valence-corrected chi connectivity index (χ0v) is 11.5. The Labute approximate surface area is 109 Å². The summed E-state index contributed by atoms with van der Waals surface area (Å²) in [6, 6.07) is -0.520. The summed E-state index contributed by atoms with van der Waals surface area (Å²) in [6.07, 6.45) is 6.36. The van der Waals surface area contributed by atoms with Crippen molar-refractivity contribution in [2.24, 2.45) is 0 Å². The maximum absolute atomic E-state index is 12.1. The number of carbonyl (C=O) groups is 2. The van der Waals surface area contributed by atoms with Crippen LogP contribution in [0.2, 0.25) is 0 Å². The lowest BCUT2D eigenvalue weighted by Gasteiger charge is -2.35. The van der Waals surface area contributed by atoms with Crippen molar-refractivity contribution in [3.8, 4) is 12.3 Å². The highest BCUT2D eigenvalue weighted by atomic mass is 16.4. The zero-order chi connectivity index (χ0) is 14.3. The largest absolute Gasteiger partial charge is 0.480 e. The number of nitrogens with zero attached hydrogens (tertiary/aromatic N) is 1. The van der Waals surface area contributed by atoms with Crippen LogP contribution in [-0.4, -0.2) is 40.1 Å². The second kappa shape index (κ2) is 6.90. The van der Waals surface area contributed by atoms with Gasteiger partial charge in [-0.3, -0.25) is 0 Å². The molecule has 5 heteroatoms. The summed E-state index contributed by atoms with van der Waals surface area (Å²) in [6.45, 7) is 6.98. The minimum Gasteiger partial charge on any atom is -0.480 e. The average Bonchev–Trinajstić information content (AvgIpc) is 2.28. The summed E-state index contributed by atoms with van der Waals surface area (Å²) in [5.74, 6) is 1.46. The molecule has 0 aliphatic carbocycles. The van der Waals surface area contributed by atoms with Gasteiger partial charge in [0.05, 0.1) is 0 Å². The Morgan fingerprint density at radius 3 is 2.33 bits per heavy atom. The number of carboxylic acid groups (broad SMARTS) is 1. The van der Waals surface area contributed by atoms with Gasteiger partial charge in [0.1, 0.15) is 5.54 Å². The number of hydrogen-bond donors (Lipinski definition) is 2. The molecule has 0 radical (unpaired) electrons. The molecule has 0 fully saturated rings. The third-order valence-corrected chi connectivity index (χ3v) is 2.94. The van der Waals surface area contributed by atoms with Crippen molar-refractivity contribution in [2.75, 3.05) is 6.54 Å². The van der Waals surface area contributed by atoms with Crippen LogP contribution in [0, 0.1) is 12.3 Å². The predicted molar refractivity (Wildman–Crippen MR) is 70.2 cm³/mol. The Morgan fingerprint density at radius 1 is 1.44 bits per heavy atom. The van der Waals surface area contributed by atoms with E-state index in [0.29, 0.717) is 19.4 Å². The van der Waals surface area contributed by atoms with E-state index in [2.05, 4.69) is 11.2 Å². The van der Waals surface area contributed by atoms with Crippen molar-refractivity contribution in [3.63, 3.8) is 0 Å². The first-order valence-corrected chi connectivity index (χ1v) is 6.06. The fourth-order valence-corrected chi connectivity index (χ4v) is 1.60. The number of terminal acetylenes is 1. The van der Waals surface area contributed by atoms with Gasteiger partial charge in [-0.05, 0) is 27.2 Å². The fraction of sp³-hybridized carbons (Fsp3) is 0.692. The topological polar surface area (TPSA) is 69.6 Å². The number of carbonyl (C=O) groups excluding carboxylic acids is 1. The van der Waals surface area contributed by atoms with E-state index in [4.69, 9.17) is 11.5 Å². The number of hydrogen-bond acceptors (Lipinski definition) is 2. The minimum absolute atomic E-state index is 0.124. The summed E-state index contributed by atoms with van der Waals surface area (Å²) in [4.78, 5) is 24.5. The number of aliphatic carboxylic acids is 1. The lowest BCUT2D eigenvalue weighted by atomic mass is 10.0.